The fourth-order valence-corrected chi connectivity index (χ4v) is 2.96. The first-order chi connectivity index (χ1) is 12.8. The van der Waals surface area contributed by atoms with Gasteiger partial charge in [0.25, 0.3) is 11.8 Å². The van der Waals surface area contributed by atoms with Crippen molar-refractivity contribution in [1.29, 1.82) is 0 Å². The summed E-state index contributed by atoms with van der Waals surface area (Å²) in [5, 5.41) is 23.1. The molecule has 2 amide bonds. The topological polar surface area (TPSA) is 110 Å². The minimum atomic E-state index is -1.05. The number of nitrogens with one attached hydrogen (secondary N) is 3. The van der Waals surface area contributed by atoms with Crippen molar-refractivity contribution < 1.29 is 23.0 Å². The Hall–Kier alpha value is -2.85. The van der Waals surface area contributed by atoms with E-state index in [0.29, 0.717) is 25.9 Å². The van der Waals surface area contributed by atoms with Crippen LogP contribution in [-0.2, 0) is 0 Å². The fraction of sp³-hybridized carbons (Fsp3) is 0.353. The van der Waals surface area contributed by atoms with Crippen molar-refractivity contribution in [2.45, 2.75) is 18.9 Å². The summed E-state index contributed by atoms with van der Waals surface area (Å²) in [6.45, 7) is 0.791. The number of nitrogens with zero attached hydrogens (tertiary/aromatic N) is 2. The molecule has 3 rings (SSSR count). The number of quaternary nitrogens is 1. The second-order valence-electron chi connectivity index (χ2n) is 6.69. The molecule has 1 aliphatic heterocycles. The molecule has 2 heterocycles. The standard InChI is InChI=1S/C17H19F2N5O3/c1-24(27)7-5-10(6-8-24)21-16(25)11-9-20-23-15(11)22-17(26)14-12(18)3-2-4-13(14)19/h2-4,9-10H,5-8H2,1H3,(H,21,25)(H2,20,22,23,26). The SMILES string of the molecule is C[N+]1([O-])CCC(NC(=O)c2c[nH]nc2NC(=O)c2c(F)cccc2F)CC1. The van der Waals surface area contributed by atoms with Crippen LogP contribution in [0.1, 0.15) is 33.6 Å². The largest absolute Gasteiger partial charge is 0.633 e. The summed E-state index contributed by atoms with van der Waals surface area (Å²) in [5.74, 6) is -3.73. The van der Waals surface area contributed by atoms with Crippen molar-refractivity contribution in [2.75, 3.05) is 25.5 Å². The number of hydroxylamine groups is 3. The molecule has 0 radical (unpaired) electrons. The number of H-pyrrole nitrogens is 1. The number of carbonyl (C=O) groups excluding carboxylic acids is 2. The van der Waals surface area contributed by atoms with Crippen LogP contribution in [0.15, 0.2) is 24.4 Å². The molecule has 0 aliphatic carbocycles. The van der Waals surface area contributed by atoms with Crippen LogP contribution in [0.3, 0.4) is 0 Å². The number of hydrogen-bond donors (Lipinski definition) is 3. The molecule has 0 saturated carbocycles. The molecule has 8 nitrogen and oxygen atoms in total. The van der Waals surface area contributed by atoms with E-state index < -0.39 is 29.0 Å². The van der Waals surface area contributed by atoms with Crippen molar-refractivity contribution >= 4 is 17.6 Å². The molecule has 3 N–H and O–H groups in total. The fourth-order valence-electron chi connectivity index (χ4n) is 2.96. The second kappa shape index (κ2) is 7.41. The molecule has 10 heteroatoms. The maximum absolute atomic E-state index is 13.7. The first-order valence-electron chi connectivity index (χ1n) is 8.42. The smallest absolute Gasteiger partial charge is 0.262 e. The molecule has 0 spiro atoms. The van der Waals surface area contributed by atoms with Crippen LogP contribution in [0.25, 0.3) is 0 Å². The molecule has 1 aliphatic rings. The number of piperidine rings is 1. The van der Waals surface area contributed by atoms with E-state index in [-0.39, 0.29) is 22.1 Å². The number of hydrogen-bond acceptors (Lipinski definition) is 4. The first-order valence-corrected chi connectivity index (χ1v) is 8.42. The second-order valence-corrected chi connectivity index (χ2v) is 6.69. The maximum atomic E-state index is 13.7. The predicted molar refractivity (Wildman–Crippen MR) is 92.7 cm³/mol. The summed E-state index contributed by atoms with van der Waals surface area (Å²) >= 11 is 0. The van der Waals surface area contributed by atoms with E-state index in [9.17, 15) is 23.6 Å². The third kappa shape index (κ3) is 4.29. The highest BCUT2D eigenvalue weighted by Gasteiger charge is 2.27. The Morgan fingerprint density at radius 2 is 1.85 bits per heavy atom. The van der Waals surface area contributed by atoms with Crippen LogP contribution in [0, 0.1) is 16.8 Å². The number of carbonyl (C=O) groups is 2. The summed E-state index contributed by atoms with van der Waals surface area (Å²) in [7, 11) is 1.59. The van der Waals surface area contributed by atoms with Crippen molar-refractivity contribution in [3.8, 4) is 0 Å². The number of amides is 2. The Balaban J connectivity index is 1.69. The summed E-state index contributed by atoms with van der Waals surface area (Å²) in [5.41, 5.74) is -0.725. The third-order valence-corrected chi connectivity index (χ3v) is 4.54. The van der Waals surface area contributed by atoms with Gasteiger partial charge in [-0.3, -0.25) is 14.7 Å². The van der Waals surface area contributed by atoms with E-state index >= 15 is 0 Å². The van der Waals surface area contributed by atoms with Crippen LogP contribution < -0.4 is 10.6 Å². The zero-order chi connectivity index (χ0) is 19.6. The van der Waals surface area contributed by atoms with Gasteiger partial charge in [0.1, 0.15) is 22.8 Å². The minimum Gasteiger partial charge on any atom is -0.633 e. The van der Waals surface area contributed by atoms with E-state index in [1.807, 2.05) is 0 Å². The monoisotopic (exact) mass is 379 g/mol. The zero-order valence-electron chi connectivity index (χ0n) is 14.6. The lowest BCUT2D eigenvalue weighted by Gasteiger charge is -2.44. The number of aromatic amines is 1. The zero-order valence-corrected chi connectivity index (χ0v) is 14.6. The number of aromatic nitrogens is 2. The van der Waals surface area contributed by atoms with Crippen molar-refractivity contribution in [1.82, 2.24) is 15.5 Å². The van der Waals surface area contributed by atoms with Crippen LogP contribution in [0.4, 0.5) is 14.6 Å². The van der Waals surface area contributed by atoms with E-state index in [1.165, 1.54) is 6.20 Å². The van der Waals surface area contributed by atoms with Gasteiger partial charge in [-0.25, -0.2) is 8.78 Å². The number of halogens is 2. The van der Waals surface area contributed by atoms with Gasteiger partial charge in [-0.2, -0.15) is 5.10 Å². The highest BCUT2D eigenvalue weighted by atomic mass is 19.1. The average molecular weight is 379 g/mol. The third-order valence-electron chi connectivity index (χ3n) is 4.54. The highest BCUT2D eigenvalue weighted by Crippen LogP contribution is 2.19. The average Bonchev–Trinajstić information content (AvgIpc) is 3.05. The van der Waals surface area contributed by atoms with Crippen LogP contribution in [0.5, 0.6) is 0 Å². The Morgan fingerprint density at radius 1 is 1.22 bits per heavy atom. The maximum Gasteiger partial charge on any atom is 0.262 e. The number of anilines is 1. The summed E-state index contributed by atoms with van der Waals surface area (Å²) in [4.78, 5) is 24.6. The molecule has 144 valence electrons. The van der Waals surface area contributed by atoms with Gasteiger partial charge in [0.15, 0.2) is 5.82 Å². The lowest BCUT2D eigenvalue weighted by molar-refractivity contribution is -0.866. The van der Waals surface area contributed by atoms with E-state index in [4.69, 9.17) is 0 Å². The quantitative estimate of drug-likeness (QED) is 0.555. The normalized spacial score (nSPS) is 22.3. The van der Waals surface area contributed by atoms with Gasteiger partial charge in [-0.1, -0.05) is 6.07 Å². The van der Waals surface area contributed by atoms with Gasteiger partial charge < -0.3 is 20.5 Å². The van der Waals surface area contributed by atoms with Crippen molar-refractivity contribution in [3.05, 3.63) is 52.4 Å². The summed E-state index contributed by atoms with van der Waals surface area (Å²) in [6.07, 6.45) is 2.34. The van der Waals surface area contributed by atoms with Gasteiger partial charge in [0.2, 0.25) is 0 Å². The van der Waals surface area contributed by atoms with Crippen molar-refractivity contribution in [3.63, 3.8) is 0 Å². The Bertz CT molecular complexity index is 838. The van der Waals surface area contributed by atoms with Gasteiger partial charge >= 0.3 is 0 Å². The molecule has 27 heavy (non-hydrogen) atoms. The molecule has 1 fully saturated rings. The van der Waals surface area contributed by atoms with E-state index in [2.05, 4.69) is 20.8 Å². The molecule has 0 unspecified atom stereocenters. The van der Waals surface area contributed by atoms with Gasteiger partial charge in [-0.05, 0) is 12.1 Å². The summed E-state index contributed by atoms with van der Waals surface area (Å²) < 4.78 is 27.1. The first kappa shape index (κ1) is 18.9. The van der Waals surface area contributed by atoms with Gasteiger partial charge in [0, 0.05) is 25.1 Å². The van der Waals surface area contributed by atoms with Crippen LogP contribution in [0.2, 0.25) is 0 Å². The Labute approximate surface area is 153 Å². The number of rotatable bonds is 4. The van der Waals surface area contributed by atoms with E-state index in [0.717, 1.165) is 18.2 Å². The highest BCUT2D eigenvalue weighted by molar-refractivity contribution is 6.08. The Kier molecular flexibility index (Phi) is 5.19. The predicted octanol–water partition coefficient (Wildman–Crippen LogP) is 1.78. The van der Waals surface area contributed by atoms with E-state index in [1.54, 1.807) is 7.05 Å². The number of likely N-dealkylation sites (tertiary alicyclic amines) is 1. The lowest BCUT2D eigenvalue weighted by Crippen LogP contribution is -2.50. The summed E-state index contributed by atoms with van der Waals surface area (Å²) in [6, 6.07) is 2.90. The van der Waals surface area contributed by atoms with Crippen LogP contribution >= 0.6 is 0 Å². The van der Waals surface area contributed by atoms with Gasteiger partial charge in [0.05, 0.1) is 20.1 Å². The van der Waals surface area contributed by atoms with Crippen LogP contribution in [-0.4, -0.2) is 52.8 Å². The molecule has 0 bridgehead atoms. The molecule has 0 atom stereocenters. The number of benzene rings is 1. The molecule has 1 aromatic heterocycles. The molecule has 1 aromatic carbocycles. The van der Waals surface area contributed by atoms with Gasteiger partial charge in [-0.15, -0.1) is 0 Å². The lowest BCUT2D eigenvalue weighted by atomic mass is 10.0. The Morgan fingerprint density at radius 3 is 2.48 bits per heavy atom. The molecular weight excluding hydrogens is 360 g/mol. The molecule has 1 saturated heterocycles. The minimum absolute atomic E-state index is 0.0324. The van der Waals surface area contributed by atoms with Crippen molar-refractivity contribution in [2.24, 2.45) is 0 Å². The molecular formula is C17H19F2N5O3. The molecule has 2 aromatic rings.